The minimum atomic E-state index is -0.388. The monoisotopic (exact) mass is 395 g/mol. The van der Waals surface area contributed by atoms with E-state index in [0.717, 1.165) is 42.3 Å². The number of ether oxygens (including phenoxy) is 1. The molecule has 7 nitrogen and oxygen atoms in total. The molecule has 3 heterocycles. The van der Waals surface area contributed by atoms with E-state index in [1.54, 1.807) is 19.4 Å². The van der Waals surface area contributed by atoms with Crippen LogP contribution in [0.3, 0.4) is 0 Å². The van der Waals surface area contributed by atoms with Crippen molar-refractivity contribution in [1.29, 1.82) is 0 Å². The van der Waals surface area contributed by atoms with Crippen molar-refractivity contribution in [2.24, 2.45) is 0 Å². The van der Waals surface area contributed by atoms with Gasteiger partial charge in [0.15, 0.2) is 0 Å². The fraction of sp³-hybridized carbons (Fsp3) is 0.409. The molecule has 0 bridgehead atoms. The second kappa shape index (κ2) is 8.11. The van der Waals surface area contributed by atoms with E-state index in [9.17, 15) is 9.59 Å². The number of benzene rings is 1. The van der Waals surface area contributed by atoms with E-state index in [4.69, 9.17) is 9.15 Å². The van der Waals surface area contributed by atoms with Gasteiger partial charge in [-0.2, -0.15) is 5.10 Å². The highest BCUT2D eigenvalue weighted by Crippen LogP contribution is 2.31. The lowest BCUT2D eigenvalue weighted by Crippen LogP contribution is -2.38. The first-order valence-corrected chi connectivity index (χ1v) is 9.97. The first-order chi connectivity index (χ1) is 14.1. The third kappa shape index (κ3) is 3.77. The molecule has 1 amide bonds. The number of aromatic nitrogens is 2. The van der Waals surface area contributed by atoms with E-state index >= 15 is 0 Å². The van der Waals surface area contributed by atoms with Gasteiger partial charge in [-0.25, -0.2) is 4.79 Å². The number of likely N-dealkylation sites (tertiary alicyclic amines) is 1. The van der Waals surface area contributed by atoms with Crippen LogP contribution < -0.4 is 10.4 Å². The average molecular weight is 395 g/mol. The molecule has 152 valence electrons. The molecule has 0 saturated carbocycles. The Morgan fingerprint density at radius 2 is 2.24 bits per heavy atom. The number of carbonyl (C=O) groups excluding carboxylic acids is 1. The molecule has 2 aromatic heterocycles. The second-order valence-corrected chi connectivity index (χ2v) is 7.49. The number of methoxy groups -OCH3 is 1. The van der Waals surface area contributed by atoms with Gasteiger partial charge < -0.3 is 14.1 Å². The molecule has 1 fully saturated rings. The quantitative estimate of drug-likeness (QED) is 0.668. The molecule has 1 aromatic carbocycles. The van der Waals surface area contributed by atoms with Crippen LogP contribution in [0.2, 0.25) is 0 Å². The lowest BCUT2D eigenvalue weighted by molar-refractivity contribution is -0.135. The zero-order chi connectivity index (χ0) is 20.4. The van der Waals surface area contributed by atoms with Gasteiger partial charge in [-0.1, -0.05) is 0 Å². The molecule has 29 heavy (non-hydrogen) atoms. The highest BCUT2D eigenvalue weighted by molar-refractivity contribution is 5.83. The van der Waals surface area contributed by atoms with Crippen molar-refractivity contribution >= 4 is 16.9 Å². The average Bonchev–Trinajstić information content (AvgIpc) is 3.27. The van der Waals surface area contributed by atoms with Gasteiger partial charge in [0.2, 0.25) is 5.91 Å². The predicted molar refractivity (Wildman–Crippen MR) is 109 cm³/mol. The van der Waals surface area contributed by atoms with E-state index < -0.39 is 0 Å². The molecule has 0 unspecified atom stereocenters. The molecular weight excluding hydrogens is 370 g/mol. The Balaban J connectivity index is 1.54. The number of nitrogens with zero attached hydrogens (tertiary/aromatic N) is 2. The van der Waals surface area contributed by atoms with Crippen LogP contribution in [0.15, 0.2) is 39.8 Å². The van der Waals surface area contributed by atoms with Gasteiger partial charge in [0.1, 0.15) is 11.3 Å². The fourth-order valence-electron chi connectivity index (χ4n) is 4.19. The highest BCUT2D eigenvalue weighted by atomic mass is 16.5. The van der Waals surface area contributed by atoms with Gasteiger partial charge in [0.05, 0.1) is 19.3 Å². The van der Waals surface area contributed by atoms with Crippen molar-refractivity contribution in [1.82, 2.24) is 15.1 Å². The van der Waals surface area contributed by atoms with Gasteiger partial charge in [0.25, 0.3) is 0 Å². The summed E-state index contributed by atoms with van der Waals surface area (Å²) >= 11 is 0. The molecule has 1 aliphatic rings. The maximum atomic E-state index is 13.0. The zero-order valence-corrected chi connectivity index (χ0v) is 16.7. The Hall–Kier alpha value is -3.09. The highest BCUT2D eigenvalue weighted by Gasteiger charge is 2.28. The number of aryl methyl sites for hydroxylation is 1. The number of aromatic amines is 1. The van der Waals surface area contributed by atoms with Gasteiger partial charge in [-0.3, -0.25) is 9.89 Å². The minimum Gasteiger partial charge on any atom is -0.497 e. The van der Waals surface area contributed by atoms with E-state index in [2.05, 4.69) is 10.2 Å². The summed E-state index contributed by atoms with van der Waals surface area (Å²) < 4.78 is 10.7. The fourth-order valence-corrected chi connectivity index (χ4v) is 4.19. The van der Waals surface area contributed by atoms with Crippen molar-refractivity contribution in [3.63, 3.8) is 0 Å². The van der Waals surface area contributed by atoms with E-state index in [0.29, 0.717) is 23.3 Å². The standard InChI is InChI=1S/C22H25N3O4/c1-14-17-7-6-16(28-2)11-20(17)29-22(27)18(14)8-9-21(26)25-10-4-3-5-19(25)15-12-23-24-13-15/h6-7,11-13,19H,3-5,8-10H2,1-2H3,(H,23,24)/t19-/m1/s1. The smallest absolute Gasteiger partial charge is 0.339 e. The van der Waals surface area contributed by atoms with Crippen molar-refractivity contribution in [3.05, 3.63) is 57.7 Å². The van der Waals surface area contributed by atoms with Crippen molar-refractivity contribution < 1.29 is 13.9 Å². The number of rotatable bonds is 5. The summed E-state index contributed by atoms with van der Waals surface area (Å²) in [6.07, 6.45) is 7.31. The summed E-state index contributed by atoms with van der Waals surface area (Å²) in [5.74, 6) is 0.697. The van der Waals surface area contributed by atoms with Gasteiger partial charge in [-0.15, -0.1) is 0 Å². The molecule has 1 N–H and O–H groups in total. The molecule has 3 aromatic rings. The van der Waals surface area contributed by atoms with Crippen molar-refractivity contribution in [2.45, 2.75) is 45.1 Å². The van der Waals surface area contributed by atoms with Crippen molar-refractivity contribution in [3.8, 4) is 5.75 Å². The van der Waals surface area contributed by atoms with Crippen LogP contribution in [0.5, 0.6) is 5.75 Å². The topological polar surface area (TPSA) is 88.4 Å². The maximum Gasteiger partial charge on any atom is 0.339 e. The summed E-state index contributed by atoms with van der Waals surface area (Å²) in [6.45, 7) is 2.64. The molecular formula is C22H25N3O4. The van der Waals surface area contributed by atoms with E-state index in [1.165, 1.54) is 0 Å². The molecule has 4 rings (SSSR count). The molecule has 1 saturated heterocycles. The Labute approximate surface area is 168 Å². The summed E-state index contributed by atoms with van der Waals surface area (Å²) in [5.41, 5.74) is 2.57. The van der Waals surface area contributed by atoms with Crippen LogP contribution in [0.4, 0.5) is 0 Å². The van der Waals surface area contributed by atoms with E-state index in [1.807, 2.05) is 30.2 Å². The van der Waals surface area contributed by atoms with E-state index in [-0.39, 0.29) is 24.0 Å². The maximum absolute atomic E-state index is 13.0. The lowest BCUT2D eigenvalue weighted by atomic mass is 9.96. The number of hydrogen-bond acceptors (Lipinski definition) is 5. The molecule has 7 heteroatoms. The lowest BCUT2D eigenvalue weighted by Gasteiger charge is -2.35. The number of H-pyrrole nitrogens is 1. The Bertz CT molecular complexity index is 1070. The van der Waals surface area contributed by atoms with Crippen LogP contribution in [0.25, 0.3) is 11.0 Å². The van der Waals surface area contributed by atoms with Crippen molar-refractivity contribution in [2.75, 3.05) is 13.7 Å². The Morgan fingerprint density at radius 1 is 1.38 bits per heavy atom. The van der Waals surface area contributed by atoms with Crippen LogP contribution in [0.1, 0.15) is 48.4 Å². The van der Waals surface area contributed by atoms with Gasteiger partial charge >= 0.3 is 5.63 Å². The number of amides is 1. The molecule has 0 spiro atoms. The van der Waals surface area contributed by atoms with Gasteiger partial charge in [0, 0.05) is 41.7 Å². The molecule has 0 radical (unpaired) electrons. The molecule has 1 aliphatic heterocycles. The summed E-state index contributed by atoms with van der Waals surface area (Å²) in [5, 5.41) is 7.72. The predicted octanol–water partition coefficient (Wildman–Crippen LogP) is 3.52. The summed E-state index contributed by atoms with van der Waals surface area (Å²) in [7, 11) is 1.57. The Kier molecular flexibility index (Phi) is 5.38. The normalized spacial score (nSPS) is 16.9. The second-order valence-electron chi connectivity index (χ2n) is 7.49. The number of hydrogen-bond donors (Lipinski definition) is 1. The van der Waals surface area contributed by atoms with Crippen LogP contribution >= 0.6 is 0 Å². The number of nitrogens with one attached hydrogen (secondary N) is 1. The number of fused-ring (bicyclic) bond motifs is 1. The third-order valence-electron chi connectivity index (χ3n) is 5.81. The van der Waals surface area contributed by atoms with Crippen LogP contribution in [0, 0.1) is 6.92 Å². The zero-order valence-electron chi connectivity index (χ0n) is 16.7. The third-order valence-corrected chi connectivity index (χ3v) is 5.81. The van der Waals surface area contributed by atoms with Crippen LogP contribution in [-0.4, -0.2) is 34.7 Å². The summed E-state index contributed by atoms with van der Waals surface area (Å²) in [6, 6.07) is 5.49. The molecule has 1 atom stereocenters. The number of piperidine rings is 1. The largest absolute Gasteiger partial charge is 0.497 e. The minimum absolute atomic E-state index is 0.0524. The first kappa shape index (κ1) is 19.2. The summed E-state index contributed by atoms with van der Waals surface area (Å²) in [4.78, 5) is 27.5. The van der Waals surface area contributed by atoms with Gasteiger partial charge in [-0.05, 0) is 50.3 Å². The molecule has 0 aliphatic carbocycles. The SMILES string of the molecule is COc1ccc2c(C)c(CCC(=O)N3CCCC[C@@H]3c3cn[nH]c3)c(=O)oc2c1. The first-order valence-electron chi connectivity index (χ1n) is 9.97. The Morgan fingerprint density at radius 3 is 3.00 bits per heavy atom. The van der Waals surface area contributed by atoms with Crippen LogP contribution in [-0.2, 0) is 11.2 Å². The number of carbonyl (C=O) groups is 1.